The molecule has 0 N–H and O–H groups in total. The van der Waals surface area contributed by atoms with Crippen molar-refractivity contribution in [3.8, 4) is 16.6 Å². The first kappa shape index (κ1) is 19.2. The van der Waals surface area contributed by atoms with E-state index in [9.17, 15) is 4.39 Å². The Kier molecular flexibility index (Phi) is 5.46. The highest BCUT2D eigenvalue weighted by atomic mass is 32.1. The number of hydrogen-bond donors (Lipinski definition) is 0. The van der Waals surface area contributed by atoms with Gasteiger partial charge < -0.3 is 18.6 Å². The molecule has 30 heavy (non-hydrogen) atoms. The number of aromatic nitrogens is 3. The van der Waals surface area contributed by atoms with E-state index in [1.54, 1.807) is 12.3 Å². The summed E-state index contributed by atoms with van der Waals surface area (Å²) in [4.78, 5) is 10.8. The highest BCUT2D eigenvalue weighted by Crippen LogP contribution is 2.33. The number of hydrogen-bond acceptors (Lipinski definition) is 8. The van der Waals surface area contributed by atoms with E-state index >= 15 is 0 Å². The Balaban J connectivity index is 1.07. The molecule has 4 aromatic rings. The molecule has 0 amide bonds. The van der Waals surface area contributed by atoms with E-state index in [4.69, 9.17) is 13.7 Å². The standard InChI is InChI=1S/C21H21FN4O3S/c22-15-2-3-16-18(10-15)29-25-20(16)14-4-7-26(8-5-14)6-1-9-27-21-24-17(12-30-21)19-11-23-13-28-19/h2-3,10-14H,1,4-9H2. The third kappa shape index (κ3) is 4.08. The summed E-state index contributed by atoms with van der Waals surface area (Å²) in [6.45, 7) is 3.63. The van der Waals surface area contributed by atoms with Crippen LogP contribution in [0.3, 0.4) is 0 Å². The van der Waals surface area contributed by atoms with Crippen LogP contribution in [0, 0.1) is 5.82 Å². The number of nitrogens with zero attached hydrogens (tertiary/aromatic N) is 4. The smallest absolute Gasteiger partial charge is 0.273 e. The fourth-order valence-corrected chi connectivity index (χ4v) is 4.57. The van der Waals surface area contributed by atoms with Crippen LogP contribution in [-0.4, -0.2) is 46.3 Å². The molecule has 1 aliphatic rings. The van der Waals surface area contributed by atoms with Crippen LogP contribution in [0.4, 0.5) is 4.39 Å². The lowest BCUT2D eigenvalue weighted by atomic mass is 9.91. The SMILES string of the molecule is Fc1ccc2c(C3CCN(CCCOc4nc(-c5cnco5)cs4)CC3)noc2c1. The number of piperidine rings is 1. The monoisotopic (exact) mass is 428 g/mol. The van der Waals surface area contributed by atoms with Crippen LogP contribution < -0.4 is 4.74 Å². The fraction of sp³-hybridized carbons (Fsp3) is 0.381. The molecule has 1 saturated heterocycles. The van der Waals surface area contributed by atoms with Crippen molar-refractivity contribution in [1.82, 2.24) is 20.0 Å². The van der Waals surface area contributed by atoms with Crippen molar-refractivity contribution >= 4 is 22.3 Å². The zero-order chi connectivity index (χ0) is 20.3. The highest BCUT2D eigenvalue weighted by Gasteiger charge is 2.25. The van der Waals surface area contributed by atoms with Gasteiger partial charge in [0.2, 0.25) is 0 Å². The lowest BCUT2D eigenvalue weighted by Gasteiger charge is -2.31. The number of halogens is 1. The van der Waals surface area contributed by atoms with Gasteiger partial charge in [0.15, 0.2) is 17.7 Å². The van der Waals surface area contributed by atoms with Crippen LogP contribution in [-0.2, 0) is 0 Å². The molecule has 1 aromatic carbocycles. The second-order valence-electron chi connectivity index (χ2n) is 7.39. The van der Waals surface area contributed by atoms with Gasteiger partial charge in [-0.15, -0.1) is 0 Å². The van der Waals surface area contributed by atoms with E-state index < -0.39 is 0 Å². The Morgan fingerprint density at radius 2 is 2.17 bits per heavy atom. The number of oxazole rings is 1. The molecule has 156 valence electrons. The first-order valence-corrected chi connectivity index (χ1v) is 10.9. The molecule has 9 heteroatoms. The minimum absolute atomic E-state index is 0.297. The second-order valence-corrected chi connectivity index (χ2v) is 8.21. The zero-order valence-corrected chi connectivity index (χ0v) is 17.1. The van der Waals surface area contributed by atoms with Crippen molar-refractivity contribution in [3.05, 3.63) is 47.7 Å². The molecule has 0 unspecified atom stereocenters. The summed E-state index contributed by atoms with van der Waals surface area (Å²) in [5.41, 5.74) is 2.23. The van der Waals surface area contributed by atoms with Gasteiger partial charge in [-0.1, -0.05) is 16.5 Å². The summed E-state index contributed by atoms with van der Waals surface area (Å²) in [7, 11) is 0. The van der Waals surface area contributed by atoms with Crippen molar-refractivity contribution in [2.24, 2.45) is 0 Å². The first-order valence-electron chi connectivity index (χ1n) is 10.0. The maximum Gasteiger partial charge on any atom is 0.273 e. The number of ether oxygens (including phenoxy) is 1. The van der Waals surface area contributed by atoms with Gasteiger partial charge in [0.25, 0.3) is 5.19 Å². The summed E-state index contributed by atoms with van der Waals surface area (Å²) in [6, 6.07) is 4.64. The van der Waals surface area contributed by atoms with Gasteiger partial charge in [0, 0.05) is 29.3 Å². The number of thiazole rings is 1. The van der Waals surface area contributed by atoms with Gasteiger partial charge in [-0.25, -0.2) is 9.37 Å². The van der Waals surface area contributed by atoms with Crippen LogP contribution in [0.5, 0.6) is 5.19 Å². The van der Waals surface area contributed by atoms with Crippen LogP contribution in [0.15, 0.2) is 45.1 Å². The molecule has 7 nitrogen and oxygen atoms in total. The van der Waals surface area contributed by atoms with E-state index in [1.165, 1.54) is 29.9 Å². The Hall–Kier alpha value is -2.78. The number of benzene rings is 1. The van der Waals surface area contributed by atoms with Crippen molar-refractivity contribution in [1.29, 1.82) is 0 Å². The van der Waals surface area contributed by atoms with Gasteiger partial charge in [-0.05, 0) is 44.5 Å². The molecule has 1 aliphatic heterocycles. The number of rotatable bonds is 7. The topological polar surface area (TPSA) is 77.4 Å². The van der Waals surface area contributed by atoms with Gasteiger partial charge in [-0.3, -0.25) is 0 Å². The van der Waals surface area contributed by atoms with Crippen LogP contribution in [0.1, 0.15) is 30.9 Å². The predicted molar refractivity (Wildman–Crippen MR) is 110 cm³/mol. The normalized spacial score (nSPS) is 15.8. The third-order valence-corrected chi connectivity index (χ3v) is 6.20. The molecule has 4 heterocycles. The molecular weight excluding hydrogens is 407 g/mol. The number of likely N-dealkylation sites (tertiary alicyclic amines) is 1. The quantitative estimate of drug-likeness (QED) is 0.394. The van der Waals surface area contributed by atoms with Gasteiger partial charge in [-0.2, -0.15) is 4.98 Å². The molecule has 0 atom stereocenters. The average Bonchev–Trinajstić information content (AvgIpc) is 3.51. The Morgan fingerprint density at radius 1 is 1.27 bits per heavy atom. The summed E-state index contributed by atoms with van der Waals surface area (Å²) < 4.78 is 29.7. The van der Waals surface area contributed by atoms with Gasteiger partial charge in [0.1, 0.15) is 11.5 Å². The molecule has 0 saturated carbocycles. The minimum atomic E-state index is -0.297. The molecule has 0 aliphatic carbocycles. The predicted octanol–water partition coefficient (Wildman–Crippen LogP) is 4.73. The summed E-state index contributed by atoms with van der Waals surface area (Å²) >= 11 is 1.46. The highest BCUT2D eigenvalue weighted by molar-refractivity contribution is 7.11. The van der Waals surface area contributed by atoms with E-state index in [0.29, 0.717) is 29.1 Å². The zero-order valence-electron chi connectivity index (χ0n) is 16.3. The van der Waals surface area contributed by atoms with Crippen molar-refractivity contribution in [2.45, 2.75) is 25.2 Å². The molecule has 1 fully saturated rings. The number of fused-ring (bicyclic) bond motifs is 1. The molecule has 3 aromatic heterocycles. The van der Waals surface area contributed by atoms with Crippen LogP contribution >= 0.6 is 11.3 Å². The summed E-state index contributed by atoms with van der Waals surface area (Å²) in [5.74, 6) is 0.706. The van der Waals surface area contributed by atoms with E-state index in [-0.39, 0.29) is 5.82 Å². The first-order chi connectivity index (χ1) is 14.8. The fourth-order valence-electron chi connectivity index (χ4n) is 3.88. The lowest BCUT2D eigenvalue weighted by Crippen LogP contribution is -2.34. The van der Waals surface area contributed by atoms with E-state index in [2.05, 4.69) is 20.0 Å². The van der Waals surface area contributed by atoms with Gasteiger partial charge in [0.05, 0.1) is 18.5 Å². The molecule has 0 spiro atoms. The van der Waals surface area contributed by atoms with Crippen LogP contribution in [0.2, 0.25) is 0 Å². The van der Waals surface area contributed by atoms with Crippen molar-refractivity contribution in [2.75, 3.05) is 26.2 Å². The van der Waals surface area contributed by atoms with E-state index in [0.717, 1.165) is 55.7 Å². The van der Waals surface area contributed by atoms with Crippen molar-refractivity contribution < 1.29 is 18.1 Å². The van der Waals surface area contributed by atoms with Crippen molar-refractivity contribution in [3.63, 3.8) is 0 Å². The third-order valence-electron chi connectivity index (χ3n) is 5.45. The maximum absolute atomic E-state index is 13.3. The molecule has 0 radical (unpaired) electrons. The lowest BCUT2D eigenvalue weighted by molar-refractivity contribution is 0.190. The van der Waals surface area contributed by atoms with Crippen LogP contribution in [0.25, 0.3) is 22.4 Å². The average molecular weight is 428 g/mol. The largest absolute Gasteiger partial charge is 0.470 e. The summed E-state index contributed by atoms with van der Waals surface area (Å²) in [6.07, 6.45) is 6.01. The molecule has 5 rings (SSSR count). The molecular formula is C21H21FN4O3S. The Morgan fingerprint density at radius 3 is 3.00 bits per heavy atom. The maximum atomic E-state index is 13.3. The van der Waals surface area contributed by atoms with E-state index in [1.807, 2.05) is 5.38 Å². The second kappa shape index (κ2) is 8.53. The summed E-state index contributed by atoms with van der Waals surface area (Å²) in [5, 5.41) is 7.70. The minimum Gasteiger partial charge on any atom is -0.470 e. The Labute approximate surface area is 176 Å². The molecule has 0 bridgehead atoms. The Bertz CT molecular complexity index is 1100. The van der Waals surface area contributed by atoms with Gasteiger partial charge >= 0.3 is 0 Å².